The number of rotatable bonds is 5. The molecule has 1 atom stereocenters. The van der Waals surface area contributed by atoms with Gasteiger partial charge in [-0.1, -0.05) is 46.3 Å². The van der Waals surface area contributed by atoms with E-state index in [1.165, 1.54) is 6.08 Å². The van der Waals surface area contributed by atoms with Crippen LogP contribution in [0.25, 0.3) is 17.5 Å². The molecule has 25 heavy (non-hydrogen) atoms. The highest BCUT2D eigenvalue weighted by molar-refractivity contribution is 9.10. The predicted molar refractivity (Wildman–Crippen MR) is 97.4 cm³/mol. The second-order valence-electron chi connectivity index (χ2n) is 5.28. The Balaban J connectivity index is 1.62. The van der Waals surface area contributed by atoms with Crippen molar-refractivity contribution in [3.05, 3.63) is 76.6 Å². The van der Waals surface area contributed by atoms with Crippen LogP contribution in [0, 0.1) is 0 Å². The summed E-state index contributed by atoms with van der Waals surface area (Å²) in [6.45, 7) is 1.69. The first-order valence-electron chi connectivity index (χ1n) is 7.65. The van der Waals surface area contributed by atoms with Crippen LogP contribution in [0.5, 0.6) is 0 Å². The minimum absolute atomic E-state index is 0.254. The van der Waals surface area contributed by atoms with E-state index in [1.54, 1.807) is 13.0 Å². The van der Waals surface area contributed by atoms with Gasteiger partial charge in [-0.05, 0) is 42.8 Å². The van der Waals surface area contributed by atoms with Crippen LogP contribution in [0.15, 0.2) is 69.6 Å². The number of halogens is 1. The van der Waals surface area contributed by atoms with E-state index in [9.17, 15) is 4.79 Å². The molecule has 3 rings (SSSR count). The number of hydrogen-bond acceptors (Lipinski definition) is 5. The van der Waals surface area contributed by atoms with Gasteiger partial charge in [0.1, 0.15) is 0 Å². The fraction of sp³-hybridized carbons (Fsp3) is 0.105. The predicted octanol–water partition coefficient (Wildman–Crippen LogP) is 4.82. The molecule has 0 radical (unpaired) electrons. The zero-order valence-corrected chi connectivity index (χ0v) is 15.0. The second kappa shape index (κ2) is 7.90. The van der Waals surface area contributed by atoms with Crippen LogP contribution in [-0.4, -0.2) is 16.2 Å². The SMILES string of the molecule is C[C@H](OC(=O)/C=C/c1ccc(Br)cc1)c1nnc(-c2ccccc2)o1. The van der Waals surface area contributed by atoms with Crippen LogP contribution in [0.1, 0.15) is 24.5 Å². The van der Waals surface area contributed by atoms with Crippen LogP contribution >= 0.6 is 15.9 Å². The minimum atomic E-state index is -0.632. The van der Waals surface area contributed by atoms with Gasteiger partial charge in [-0.2, -0.15) is 0 Å². The molecule has 0 spiro atoms. The molecular formula is C19H15BrN2O3. The Kier molecular flexibility index (Phi) is 5.40. The van der Waals surface area contributed by atoms with Gasteiger partial charge in [0.15, 0.2) is 6.10 Å². The first kappa shape index (κ1) is 17.1. The van der Waals surface area contributed by atoms with Gasteiger partial charge < -0.3 is 9.15 Å². The molecule has 3 aromatic rings. The van der Waals surface area contributed by atoms with Crippen molar-refractivity contribution in [2.45, 2.75) is 13.0 Å². The van der Waals surface area contributed by atoms with Gasteiger partial charge in [0.2, 0.25) is 5.89 Å². The van der Waals surface area contributed by atoms with Gasteiger partial charge >= 0.3 is 5.97 Å². The van der Waals surface area contributed by atoms with Crippen molar-refractivity contribution in [3.63, 3.8) is 0 Å². The summed E-state index contributed by atoms with van der Waals surface area (Å²) in [5.41, 5.74) is 1.71. The Morgan fingerprint density at radius 3 is 2.56 bits per heavy atom. The molecule has 0 aliphatic heterocycles. The smallest absolute Gasteiger partial charge is 0.331 e. The van der Waals surface area contributed by atoms with Gasteiger partial charge in [0.05, 0.1) is 0 Å². The zero-order valence-electron chi connectivity index (χ0n) is 13.4. The number of nitrogens with zero attached hydrogens (tertiary/aromatic N) is 2. The average molecular weight is 399 g/mol. The largest absolute Gasteiger partial charge is 0.449 e. The molecule has 0 fully saturated rings. The highest BCUT2D eigenvalue weighted by Crippen LogP contribution is 2.22. The summed E-state index contributed by atoms with van der Waals surface area (Å²) in [4.78, 5) is 11.9. The Morgan fingerprint density at radius 1 is 1.12 bits per heavy atom. The van der Waals surface area contributed by atoms with E-state index in [2.05, 4.69) is 26.1 Å². The maximum atomic E-state index is 11.9. The molecule has 0 amide bonds. The van der Waals surface area contributed by atoms with E-state index in [0.29, 0.717) is 5.89 Å². The maximum absolute atomic E-state index is 11.9. The summed E-state index contributed by atoms with van der Waals surface area (Å²) >= 11 is 3.36. The first-order valence-corrected chi connectivity index (χ1v) is 8.44. The number of esters is 1. The van der Waals surface area contributed by atoms with E-state index < -0.39 is 12.1 Å². The summed E-state index contributed by atoms with van der Waals surface area (Å²) in [5, 5.41) is 7.94. The van der Waals surface area contributed by atoms with Gasteiger partial charge in [0.25, 0.3) is 5.89 Å². The molecule has 1 aromatic heterocycles. The summed E-state index contributed by atoms with van der Waals surface area (Å²) in [6.07, 6.45) is 2.42. The minimum Gasteiger partial charge on any atom is -0.449 e. The Hall–Kier alpha value is -2.73. The van der Waals surface area contributed by atoms with Gasteiger partial charge in [-0.15, -0.1) is 10.2 Å². The van der Waals surface area contributed by atoms with E-state index in [4.69, 9.17) is 9.15 Å². The third kappa shape index (κ3) is 4.64. The number of aromatic nitrogens is 2. The van der Waals surface area contributed by atoms with Gasteiger partial charge in [-0.25, -0.2) is 4.79 Å². The summed E-state index contributed by atoms with van der Waals surface area (Å²) in [7, 11) is 0. The third-order valence-electron chi connectivity index (χ3n) is 3.38. The number of benzene rings is 2. The number of carbonyl (C=O) groups is 1. The molecule has 6 heteroatoms. The van der Waals surface area contributed by atoms with E-state index >= 15 is 0 Å². The molecule has 0 bridgehead atoms. The van der Waals surface area contributed by atoms with Gasteiger partial charge in [-0.3, -0.25) is 0 Å². The molecule has 5 nitrogen and oxygen atoms in total. The molecule has 0 N–H and O–H groups in total. The molecule has 0 saturated carbocycles. The fourth-order valence-electron chi connectivity index (χ4n) is 2.10. The topological polar surface area (TPSA) is 65.2 Å². The molecule has 0 aliphatic rings. The fourth-order valence-corrected chi connectivity index (χ4v) is 2.36. The van der Waals surface area contributed by atoms with E-state index in [0.717, 1.165) is 15.6 Å². The normalized spacial score (nSPS) is 12.2. The summed E-state index contributed by atoms with van der Waals surface area (Å²) in [6, 6.07) is 17.0. The second-order valence-corrected chi connectivity index (χ2v) is 6.19. The third-order valence-corrected chi connectivity index (χ3v) is 3.91. The van der Waals surface area contributed by atoms with E-state index in [1.807, 2.05) is 54.6 Å². The van der Waals surface area contributed by atoms with Crippen molar-refractivity contribution in [2.24, 2.45) is 0 Å². The standard InChI is InChI=1S/C19H15BrN2O3/c1-13(18-21-22-19(25-18)15-5-3-2-4-6-15)24-17(23)12-9-14-7-10-16(20)11-8-14/h2-13H,1H3/b12-9+/t13-/m0/s1. The number of ether oxygens (including phenoxy) is 1. The lowest BCUT2D eigenvalue weighted by Crippen LogP contribution is -2.06. The van der Waals surface area contributed by atoms with Crippen LogP contribution in [0.3, 0.4) is 0 Å². The van der Waals surface area contributed by atoms with Crippen molar-refractivity contribution in [2.75, 3.05) is 0 Å². The Labute approximate surface area is 153 Å². The first-order chi connectivity index (χ1) is 12.1. The van der Waals surface area contributed by atoms with Crippen LogP contribution < -0.4 is 0 Å². The highest BCUT2D eigenvalue weighted by atomic mass is 79.9. The lowest BCUT2D eigenvalue weighted by atomic mass is 10.2. The quantitative estimate of drug-likeness (QED) is 0.455. The van der Waals surface area contributed by atoms with Crippen molar-refractivity contribution in [3.8, 4) is 11.5 Å². The lowest BCUT2D eigenvalue weighted by Gasteiger charge is -2.06. The van der Waals surface area contributed by atoms with Gasteiger partial charge in [0, 0.05) is 16.1 Å². The van der Waals surface area contributed by atoms with Crippen molar-refractivity contribution < 1.29 is 13.9 Å². The van der Waals surface area contributed by atoms with Crippen LogP contribution in [-0.2, 0) is 9.53 Å². The molecule has 0 aliphatic carbocycles. The number of carbonyl (C=O) groups excluding carboxylic acids is 1. The molecule has 126 valence electrons. The van der Waals surface area contributed by atoms with Crippen molar-refractivity contribution in [1.82, 2.24) is 10.2 Å². The molecule has 2 aromatic carbocycles. The Bertz CT molecular complexity index is 873. The zero-order chi connectivity index (χ0) is 17.6. The van der Waals surface area contributed by atoms with Crippen molar-refractivity contribution >= 4 is 28.0 Å². The highest BCUT2D eigenvalue weighted by Gasteiger charge is 2.17. The van der Waals surface area contributed by atoms with Crippen molar-refractivity contribution in [1.29, 1.82) is 0 Å². The molecular weight excluding hydrogens is 384 g/mol. The lowest BCUT2D eigenvalue weighted by molar-refractivity contribution is -0.143. The summed E-state index contributed by atoms with van der Waals surface area (Å²) < 4.78 is 11.9. The molecule has 0 unspecified atom stereocenters. The summed E-state index contributed by atoms with van der Waals surface area (Å²) in [5.74, 6) is 0.169. The average Bonchev–Trinajstić information content (AvgIpc) is 3.12. The van der Waals surface area contributed by atoms with E-state index in [-0.39, 0.29) is 5.89 Å². The Morgan fingerprint density at radius 2 is 1.84 bits per heavy atom. The molecule has 0 saturated heterocycles. The maximum Gasteiger partial charge on any atom is 0.331 e. The van der Waals surface area contributed by atoms with Crippen LogP contribution in [0.2, 0.25) is 0 Å². The molecule has 1 heterocycles. The van der Waals surface area contributed by atoms with Crippen LogP contribution in [0.4, 0.5) is 0 Å². The monoisotopic (exact) mass is 398 g/mol. The number of hydrogen-bond donors (Lipinski definition) is 0.